The number of fused-ring (bicyclic) bond motifs is 1. The number of hydrogen-bond donors (Lipinski definition) is 1. The van der Waals surface area contributed by atoms with Crippen LogP contribution < -0.4 is 5.32 Å². The summed E-state index contributed by atoms with van der Waals surface area (Å²) in [6, 6.07) is 6.75. The van der Waals surface area contributed by atoms with E-state index in [9.17, 15) is 4.79 Å². The summed E-state index contributed by atoms with van der Waals surface area (Å²) in [4.78, 5) is 22.9. The third-order valence-electron chi connectivity index (χ3n) is 3.78. The number of carbonyl (C=O) groups excluding carboxylic acids is 1. The molecular formula is C17H18ClN3O2S. The fourth-order valence-corrected chi connectivity index (χ4v) is 3.84. The van der Waals surface area contributed by atoms with Gasteiger partial charge in [0.05, 0.1) is 16.3 Å². The number of nitrogens with one attached hydrogen (secondary N) is 1. The molecular weight excluding hydrogens is 346 g/mol. The molecule has 1 aromatic heterocycles. The molecule has 1 amide bonds. The molecule has 0 radical (unpaired) electrons. The number of rotatable bonds is 3. The SMILES string of the molecule is CON=C1CC(C)(C)Cc2nc(NC(=O)c3ccc(Cl)cc3)sc21. The summed E-state index contributed by atoms with van der Waals surface area (Å²) < 4.78 is 0. The maximum atomic E-state index is 12.3. The van der Waals surface area contributed by atoms with E-state index in [1.54, 1.807) is 31.4 Å². The first-order valence-electron chi connectivity index (χ1n) is 7.55. The zero-order valence-electron chi connectivity index (χ0n) is 13.7. The summed E-state index contributed by atoms with van der Waals surface area (Å²) in [6.07, 6.45) is 1.67. The van der Waals surface area contributed by atoms with Gasteiger partial charge in [0.1, 0.15) is 7.11 Å². The second-order valence-electron chi connectivity index (χ2n) is 6.49. The highest BCUT2D eigenvalue weighted by Crippen LogP contribution is 2.39. The molecule has 0 atom stereocenters. The first kappa shape index (κ1) is 16.9. The molecule has 0 saturated heterocycles. The Morgan fingerprint density at radius 2 is 2.04 bits per heavy atom. The minimum absolute atomic E-state index is 0.0654. The van der Waals surface area contributed by atoms with Gasteiger partial charge in [-0.25, -0.2) is 4.98 Å². The third-order valence-corrected chi connectivity index (χ3v) is 5.09. The van der Waals surface area contributed by atoms with Crippen molar-refractivity contribution in [3.8, 4) is 0 Å². The number of amides is 1. The van der Waals surface area contributed by atoms with Crippen molar-refractivity contribution in [2.24, 2.45) is 10.6 Å². The first-order valence-corrected chi connectivity index (χ1v) is 8.74. The zero-order chi connectivity index (χ0) is 17.3. The van der Waals surface area contributed by atoms with Crippen LogP contribution in [0.15, 0.2) is 29.4 Å². The average Bonchev–Trinajstić information content (AvgIpc) is 2.89. The summed E-state index contributed by atoms with van der Waals surface area (Å²) in [5.74, 6) is -0.206. The Morgan fingerprint density at radius 3 is 2.71 bits per heavy atom. The molecule has 0 fully saturated rings. The number of hydrogen-bond acceptors (Lipinski definition) is 5. The van der Waals surface area contributed by atoms with Crippen LogP contribution in [0.2, 0.25) is 5.02 Å². The van der Waals surface area contributed by atoms with Gasteiger partial charge < -0.3 is 4.84 Å². The predicted molar refractivity (Wildman–Crippen MR) is 97.2 cm³/mol. The topological polar surface area (TPSA) is 63.6 Å². The Morgan fingerprint density at radius 1 is 1.33 bits per heavy atom. The van der Waals surface area contributed by atoms with Gasteiger partial charge >= 0.3 is 0 Å². The summed E-state index contributed by atoms with van der Waals surface area (Å²) in [5.41, 5.74) is 2.45. The van der Waals surface area contributed by atoms with Crippen molar-refractivity contribution in [2.75, 3.05) is 12.4 Å². The van der Waals surface area contributed by atoms with Crippen molar-refractivity contribution < 1.29 is 9.63 Å². The number of nitrogens with zero attached hydrogens (tertiary/aromatic N) is 2. The van der Waals surface area contributed by atoms with Crippen LogP contribution in [0, 0.1) is 5.41 Å². The van der Waals surface area contributed by atoms with Crippen LogP contribution >= 0.6 is 22.9 Å². The highest BCUT2D eigenvalue weighted by Gasteiger charge is 2.33. The lowest BCUT2D eigenvalue weighted by Crippen LogP contribution is -2.26. The molecule has 1 aliphatic rings. The summed E-state index contributed by atoms with van der Waals surface area (Å²) >= 11 is 7.28. The Kier molecular flexibility index (Phi) is 4.60. The smallest absolute Gasteiger partial charge is 0.257 e. The van der Waals surface area contributed by atoms with Gasteiger partial charge in [-0.3, -0.25) is 10.1 Å². The molecule has 7 heteroatoms. The number of oxime groups is 1. The molecule has 0 aliphatic heterocycles. The molecule has 24 heavy (non-hydrogen) atoms. The lowest BCUT2D eigenvalue weighted by molar-refractivity contribution is 0.102. The van der Waals surface area contributed by atoms with Gasteiger partial charge in [0.15, 0.2) is 5.13 Å². The van der Waals surface area contributed by atoms with Gasteiger partial charge in [-0.05, 0) is 42.5 Å². The van der Waals surface area contributed by atoms with Gasteiger partial charge in [0.25, 0.3) is 5.91 Å². The molecule has 126 valence electrons. The van der Waals surface area contributed by atoms with Gasteiger partial charge in [0, 0.05) is 10.6 Å². The van der Waals surface area contributed by atoms with E-state index in [1.165, 1.54) is 11.3 Å². The van der Waals surface area contributed by atoms with Crippen LogP contribution in [0.5, 0.6) is 0 Å². The van der Waals surface area contributed by atoms with E-state index >= 15 is 0 Å². The zero-order valence-corrected chi connectivity index (χ0v) is 15.3. The van der Waals surface area contributed by atoms with E-state index in [2.05, 4.69) is 29.3 Å². The van der Waals surface area contributed by atoms with Crippen LogP contribution in [0.1, 0.15) is 41.2 Å². The quantitative estimate of drug-likeness (QED) is 0.823. The minimum Gasteiger partial charge on any atom is -0.399 e. The Labute approximate surface area is 149 Å². The molecule has 2 aromatic rings. The van der Waals surface area contributed by atoms with Gasteiger partial charge in [0.2, 0.25) is 0 Å². The van der Waals surface area contributed by atoms with Crippen molar-refractivity contribution in [2.45, 2.75) is 26.7 Å². The van der Waals surface area contributed by atoms with E-state index in [-0.39, 0.29) is 11.3 Å². The van der Waals surface area contributed by atoms with Crippen LogP contribution in [0.3, 0.4) is 0 Å². The standard InChI is InChI=1S/C17H18ClN3O2S/c1-17(2)8-12-14(13(9-17)21-23-3)24-16(19-12)20-15(22)10-4-6-11(18)7-5-10/h4-7H,8-9H2,1-3H3,(H,19,20,22). The van der Waals surface area contributed by atoms with Crippen molar-refractivity contribution >= 4 is 39.7 Å². The first-order chi connectivity index (χ1) is 11.4. The highest BCUT2D eigenvalue weighted by molar-refractivity contribution is 7.18. The number of carbonyl (C=O) groups is 1. The van der Waals surface area contributed by atoms with E-state index < -0.39 is 0 Å². The number of aromatic nitrogens is 1. The monoisotopic (exact) mass is 363 g/mol. The van der Waals surface area contributed by atoms with Crippen molar-refractivity contribution in [1.29, 1.82) is 0 Å². The lowest BCUT2D eigenvalue weighted by atomic mass is 9.78. The summed E-state index contributed by atoms with van der Waals surface area (Å²) in [7, 11) is 1.54. The van der Waals surface area contributed by atoms with Crippen LogP contribution in [0.4, 0.5) is 5.13 Å². The number of benzene rings is 1. The lowest BCUT2D eigenvalue weighted by Gasteiger charge is -2.28. The highest BCUT2D eigenvalue weighted by atomic mass is 35.5. The minimum atomic E-state index is -0.206. The van der Waals surface area contributed by atoms with Crippen LogP contribution in [-0.2, 0) is 11.3 Å². The largest absolute Gasteiger partial charge is 0.399 e. The average molecular weight is 364 g/mol. The summed E-state index contributed by atoms with van der Waals surface area (Å²) in [6.45, 7) is 4.35. The van der Waals surface area contributed by atoms with Gasteiger partial charge in [-0.2, -0.15) is 0 Å². The number of anilines is 1. The molecule has 0 bridgehead atoms. The van der Waals surface area contributed by atoms with Gasteiger partial charge in [-0.15, -0.1) is 0 Å². The Bertz CT molecular complexity index is 797. The molecule has 1 N–H and O–H groups in total. The van der Waals surface area contributed by atoms with Crippen LogP contribution in [0.25, 0.3) is 0 Å². The van der Waals surface area contributed by atoms with E-state index in [4.69, 9.17) is 16.4 Å². The maximum Gasteiger partial charge on any atom is 0.257 e. The molecule has 0 saturated carbocycles. The molecule has 3 rings (SSSR count). The third kappa shape index (κ3) is 3.60. The Balaban J connectivity index is 1.85. The molecule has 1 heterocycles. The van der Waals surface area contributed by atoms with Crippen molar-refractivity contribution in [3.63, 3.8) is 0 Å². The van der Waals surface area contributed by atoms with Crippen molar-refractivity contribution in [3.05, 3.63) is 45.4 Å². The van der Waals surface area contributed by atoms with E-state index in [1.807, 2.05) is 0 Å². The second kappa shape index (κ2) is 6.53. The number of halogens is 1. The molecule has 0 unspecified atom stereocenters. The Hall–Kier alpha value is -1.92. The predicted octanol–water partition coefficient (Wildman–Crippen LogP) is 4.37. The van der Waals surface area contributed by atoms with Crippen LogP contribution in [-0.4, -0.2) is 23.7 Å². The fourth-order valence-electron chi connectivity index (χ4n) is 2.75. The molecule has 5 nitrogen and oxygen atoms in total. The second-order valence-corrected chi connectivity index (χ2v) is 7.93. The van der Waals surface area contributed by atoms with E-state index in [0.29, 0.717) is 15.7 Å². The van der Waals surface area contributed by atoms with Gasteiger partial charge in [-0.1, -0.05) is 41.9 Å². The number of thiazole rings is 1. The van der Waals surface area contributed by atoms with Crippen molar-refractivity contribution in [1.82, 2.24) is 4.98 Å². The van der Waals surface area contributed by atoms with E-state index in [0.717, 1.165) is 29.1 Å². The fraction of sp³-hybridized carbons (Fsp3) is 0.353. The summed E-state index contributed by atoms with van der Waals surface area (Å²) in [5, 5.41) is 8.16. The molecule has 1 aromatic carbocycles. The normalized spacial score (nSPS) is 17.4. The molecule has 0 spiro atoms. The molecule has 1 aliphatic carbocycles. The maximum absolute atomic E-state index is 12.3.